The Balaban J connectivity index is 3.35. The van der Waals surface area contributed by atoms with Gasteiger partial charge >= 0.3 is 5.25 Å². The van der Waals surface area contributed by atoms with E-state index in [0.717, 1.165) is 0 Å². The van der Waals surface area contributed by atoms with Crippen LogP contribution in [0.25, 0.3) is 0 Å². The van der Waals surface area contributed by atoms with Crippen molar-refractivity contribution in [2.75, 3.05) is 0 Å². The smallest absolute Gasteiger partial charge is 0.204 e. The topological polar surface area (TPSA) is 0 Å². The highest BCUT2D eigenvalue weighted by Gasteiger charge is 2.32. The van der Waals surface area contributed by atoms with Gasteiger partial charge in [-0.3, -0.25) is 0 Å². The molecule has 0 heterocycles. The van der Waals surface area contributed by atoms with Crippen molar-refractivity contribution in [2.45, 2.75) is 5.25 Å². The Morgan fingerprint density at radius 3 is 2.00 bits per heavy atom. The van der Waals surface area contributed by atoms with Gasteiger partial charge < -0.3 is 0 Å². The van der Waals surface area contributed by atoms with E-state index in [1.807, 2.05) is 0 Å². The maximum absolute atomic E-state index is 12.6. The lowest BCUT2D eigenvalue weighted by Crippen LogP contribution is -2.09. The molecule has 0 spiro atoms. The van der Waals surface area contributed by atoms with Crippen LogP contribution in [0.3, 0.4) is 0 Å². The minimum Gasteiger partial charge on any atom is -0.204 e. The fourth-order valence-electron chi connectivity index (χ4n) is 0.758. The Hall–Kier alpha value is -0.780. The average molecular weight is 214 g/mol. The molecule has 0 radical (unpaired) electrons. The Kier molecular flexibility index (Phi) is 2.51. The summed E-state index contributed by atoms with van der Waals surface area (Å²) in [6.45, 7) is 0. The molecule has 6 heteroatoms. The van der Waals surface area contributed by atoms with Crippen LogP contribution in [0, 0.1) is 17.5 Å². The highest BCUT2D eigenvalue weighted by molar-refractivity contribution is 7.81. The van der Waals surface area contributed by atoms with E-state index in [4.69, 9.17) is 0 Å². The van der Waals surface area contributed by atoms with E-state index in [-0.39, 0.29) is 0 Å². The summed E-state index contributed by atoms with van der Waals surface area (Å²) in [5.74, 6) is -5.36. The molecule has 0 bridgehead atoms. The molecular formula is C7H3F5S. The van der Waals surface area contributed by atoms with Crippen LogP contribution in [-0.4, -0.2) is 0 Å². The number of alkyl halides is 2. The van der Waals surface area contributed by atoms with Crippen molar-refractivity contribution in [3.63, 3.8) is 0 Å². The molecule has 0 nitrogen and oxygen atoms in total. The Bertz CT molecular complexity index is 330. The quantitative estimate of drug-likeness (QED) is 0.414. The minimum absolute atomic E-state index is 0.415. The third-order valence-corrected chi connectivity index (χ3v) is 1.60. The summed E-state index contributed by atoms with van der Waals surface area (Å²) in [4.78, 5) is 0. The van der Waals surface area contributed by atoms with Gasteiger partial charge in [0, 0.05) is 0 Å². The second kappa shape index (κ2) is 3.17. The van der Waals surface area contributed by atoms with Crippen LogP contribution in [-0.2, 0) is 5.25 Å². The molecule has 0 fully saturated rings. The van der Waals surface area contributed by atoms with Gasteiger partial charge in [0.2, 0.25) is 0 Å². The van der Waals surface area contributed by atoms with Gasteiger partial charge in [-0.25, -0.2) is 13.2 Å². The number of hydrogen-bond acceptors (Lipinski definition) is 1. The van der Waals surface area contributed by atoms with Crippen LogP contribution >= 0.6 is 12.6 Å². The standard InChI is InChI=1S/C7H3F5S/c8-4-2-1-3(7(11,12)13)5(9)6(4)10/h1-2,13H. The molecule has 1 aromatic rings. The molecule has 0 N–H and O–H groups in total. The Labute approximate surface area is 75.8 Å². The van der Waals surface area contributed by atoms with Gasteiger partial charge in [0.25, 0.3) is 0 Å². The third kappa shape index (κ3) is 1.93. The first kappa shape index (κ1) is 10.3. The van der Waals surface area contributed by atoms with Gasteiger partial charge in [0.15, 0.2) is 17.5 Å². The number of thiol groups is 1. The molecule has 0 aliphatic rings. The Morgan fingerprint density at radius 1 is 1.00 bits per heavy atom. The molecule has 0 aromatic heterocycles. The third-order valence-electron chi connectivity index (χ3n) is 1.36. The number of benzene rings is 1. The van der Waals surface area contributed by atoms with Gasteiger partial charge in [-0.05, 0) is 12.1 Å². The summed E-state index contributed by atoms with van der Waals surface area (Å²) in [7, 11) is 0. The number of hydrogen-bond donors (Lipinski definition) is 1. The van der Waals surface area contributed by atoms with Crippen molar-refractivity contribution in [1.29, 1.82) is 0 Å². The van der Waals surface area contributed by atoms with E-state index in [0.29, 0.717) is 12.1 Å². The molecule has 1 rings (SSSR count). The molecule has 72 valence electrons. The lowest BCUT2D eigenvalue weighted by atomic mass is 10.2. The number of rotatable bonds is 1. The molecule has 0 saturated carbocycles. The van der Waals surface area contributed by atoms with E-state index in [1.54, 1.807) is 0 Å². The molecule has 0 atom stereocenters. The van der Waals surface area contributed by atoms with E-state index < -0.39 is 28.3 Å². The van der Waals surface area contributed by atoms with Crippen molar-refractivity contribution in [3.8, 4) is 0 Å². The second-order valence-electron chi connectivity index (χ2n) is 2.26. The van der Waals surface area contributed by atoms with E-state index in [2.05, 4.69) is 12.6 Å². The first-order valence-corrected chi connectivity index (χ1v) is 3.53. The van der Waals surface area contributed by atoms with Gasteiger partial charge in [-0.2, -0.15) is 8.78 Å². The first-order valence-electron chi connectivity index (χ1n) is 3.08. The maximum Gasteiger partial charge on any atom is 0.319 e. The summed E-state index contributed by atoms with van der Waals surface area (Å²) < 4.78 is 62.0. The molecule has 0 unspecified atom stereocenters. The largest absolute Gasteiger partial charge is 0.319 e. The van der Waals surface area contributed by atoms with Crippen LogP contribution in [0.4, 0.5) is 22.0 Å². The van der Waals surface area contributed by atoms with Crippen molar-refractivity contribution >= 4 is 12.6 Å². The van der Waals surface area contributed by atoms with Gasteiger partial charge in [0.05, 0.1) is 5.56 Å². The summed E-state index contributed by atoms with van der Waals surface area (Å²) in [6.07, 6.45) is 0. The molecular weight excluding hydrogens is 211 g/mol. The maximum atomic E-state index is 12.6. The lowest BCUT2D eigenvalue weighted by Gasteiger charge is -2.10. The number of halogens is 5. The molecule has 0 saturated heterocycles. The normalized spacial score (nSPS) is 11.8. The molecule has 1 aromatic carbocycles. The SMILES string of the molecule is Fc1ccc(C(F)(F)S)c(F)c1F. The zero-order chi connectivity index (χ0) is 10.2. The average Bonchev–Trinajstić information content (AvgIpc) is 1.98. The summed E-state index contributed by atoms with van der Waals surface area (Å²) in [5, 5.41) is -3.82. The van der Waals surface area contributed by atoms with Gasteiger partial charge in [-0.1, -0.05) is 0 Å². The fourth-order valence-corrected chi connectivity index (χ4v) is 0.931. The van der Waals surface area contributed by atoms with E-state index in [1.165, 1.54) is 0 Å². The van der Waals surface area contributed by atoms with Crippen molar-refractivity contribution in [3.05, 3.63) is 35.1 Å². The van der Waals surface area contributed by atoms with E-state index in [9.17, 15) is 22.0 Å². The second-order valence-corrected chi connectivity index (χ2v) is 2.83. The molecule has 0 aliphatic heterocycles. The predicted octanol–water partition coefficient (Wildman–Crippen LogP) is 3.08. The van der Waals surface area contributed by atoms with Crippen LogP contribution in [0.15, 0.2) is 12.1 Å². The van der Waals surface area contributed by atoms with Crippen LogP contribution in [0.1, 0.15) is 5.56 Å². The zero-order valence-electron chi connectivity index (χ0n) is 5.99. The monoisotopic (exact) mass is 214 g/mol. The minimum atomic E-state index is -3.82. The summed E-state index contributed by atoms with van der Waals surface area (Å²) >= 11 is 2.73. The summed E-state index contributed by atoms with van der Waals surface area (Å²) in [5.41, 5.74) is -1.28. The lowest BCUT2D eigenvalue weighted by molar-refractivity contribution is 0.102. The Morgan fingerprint density at radius 2 is 1.54 bits per heavy atom. The highest BCUT2D eigenvalue weighted by Crippen LogP contribution is 2.34. The van der Waals surface area contributed by atoms with Gasteiger partial charge in [0.1, 0.15) is 0 Å². The fraction of sp³-hybridized carbons (Fsp3) is 0.143. The first-order chi connectivity index (χ1) is 5.84. The van der Waals surface area contributed by atoms with Crippen LogP contribution in [0.2, 0.25) is 0 Å². The molecule has 0 aliphatic carbocycles. The van der Waals surface area contributed by atoms with E-state index >= 15 is 0 Å². The summed E-state index contributed by atoms with van der Waals surface area (Å²) in [6, 6.07) is 0.860. The highest BCUT2D eigenvalue weighted by atomic mass is 32.1. The van der Waals surface area contributed by atoms with Crippen LogP contribution < -0.4 is 0 Å². The molecule has 0 amide bonds. The van der Waals surface area contributed by atoms with Crippen molar-refractivity contribution < 1.29 is 22.0 Å². The van der Waals surface area contributed by atoms with Gasteiger partial charge in [-0.15, -0.1) is 12.6 Å². The van der Waals surface area contributed by atoms with Crippen LogP contribution in [0.5, 0.6) is 0 Å². The zero-order valence-corrected chi connectivity index (χ0v) is 6.89. The van der Waals surface area contributed by atoms with Crippen molar-refractivity contribution in [1.82, 2.24) is 0 Å². The predicted molar refractivity (Wildman–Crippen MR) is 39.2 cm³/mol. The molecule has 13 heavy (non-hydrogen) atoms. The van der Waals surface area contributed by atoms with Crippen molar-refractivity contribution in [2.24, 2.45) is 0 Å².